The highest BCUT2D eigenvalue weighted by molar-refractivity contribution is 5.89. The Morgan fingerprint density at radius 1 is 0.438 bits per heavy atom. The molecule has 154 valence electrons. The molecular weight excluding hydrogens is 390 g/mol. The molecule has 0 aliphatic rings. The molecule has 0 bridgehead atoms. The van der Waals surface area contributed by atoms with E-state index in [1.165, 1.54) is 11.1 Å². The SMILES string of the molecule is Oc1cccc(Nc2ccccc2-c2cccc(-c3ccccc3)c2)c1-c1ccccc1. The molecule has 0 amide bonds. The van der Waals surface area contributed by atoms with E-state index in [1.54, 1.807) is 6.07 Å². The molecule has 0 aliphatic heterocycles. The fourth-order valence-corrected chi connectivity index (χ4v) is 4.04. The second-order valence-electron chi connectivity index (χ2n) is 7.68. The molecule has 0 radical (unpaired) electrons. The molecule has 2 nitrogen and oxygen atoms in total. The zero-order valence-corrected chi connectivity index (χ0v) is 17.6. The van der Waals surface area contributed by atoms with E-state index in [9.17, 15) is 5.11 Å². The molecule has 5 aromatic rings. The maximum absolute atomic E-state index is 10.6. The fourth-order valence-electron chi connectivity index (χ4n) is 4.04. The minimum Gasteiger partial charge on any atom is -0.507 e. The molecule has 0 saturated carbocycles. The first kappa shape index (κ1) is 19.7. The Kier molecular flexibility index (Phi) is 5.42. The van der Waals surface area contributed by atoms with Crippen LogP contribution in [-0.2, 0) is 0 Å². The van der Waals surface area contributed by atoms with E-state index in [0.717, 1.165) is 33.6 Å². The highest BCUT2D eigenvalue weighted by Crippen LogP contribution is 2.39. The summed E-state index contributed by atoms with van der Waals surface area (Å²) in [4.78, 5) is 0. The van der Waals surface area contributed by atoms with Crippen molar-refractivity contribution >= 4 is 11.4 Å². The molecular formula is C30H23NO. The number of anilines is 2. The first-order valence-corrected chi connectivity index (χ1v) is 10.7. The molecule has 0 spiro atoms. The van der Waals surface area contributed by atoms with E-state index in [2.05, 4.69) is 72.0 Å². The summed E-state index contributed by atoms with van der Waals surface area (Å²) in [6.07, 6.45) is 0. The topological polar surface area (TPSA) is 32.3 Å². The summed E-state index contributed by atoms with van der Waals surface area (Å²) in [5.74, 6) is 0.254. The normalized spacial score (nSPS) is 10.6. The second kappa shape index (κ2) is 8.83. The highest BCUT2D eigenvalue weighted by atomic mass is 16.3. The number of hydrogen-bond acceptors (Lipinski definition) is 2. The monoisotopic (exact) mass is 413 g/mol. The quantitative estimate of drug-likeness (QED) is 0.305. The van der Waals surface area contributed by atoms with Crippen LogP contribution >= 0.6 is 0 Å². The fraction of sp³-hybridized carbons (Fsp3) is 0. The lowest BCUT2D eigenvalue weighted by molar-refractivity contribution is 0.477. The van der Waals surface area contributed by atoms with E-state index in [1.807, 2.05) is 54.6 Å². The van der Waals surface area contributed by atoms with E-state index in [-0.39, 0.29) is 5.75 Å². The summed E-state index contributed by atoms with van der Waals surface area (Å²) in [7, 11) is 0. The minimum absolute atomic E-state index is 0.254. The summed E-state index contributed by atoms with van der Waals surface area (Å²) >= 11 is 0. The Labute approximate surface area is 188 Å². The van der Waals surface area contributed by atoms with E-state index < -0.39 is 0 Å². The van der Waals surface area contributed by atoms with Crippen molar-refractivity contribution < 1.29 is 5.11 Å². The van der Waals surface area contributed by atoms with Gasteiger partial charge in [0.2, 0.25) is 0 Å². The third kappa shape index (κ3) is 3.99. The van der Waals surface area contributed by atoms with Gasteiger partial charge in [0.05, 0.1) is 5.69 Å². The third-order valence-corrected chi connectivity index (χ3v) is 5.58. The summed E-state index contributed by atoms with van der Waals surface area (Å²) in [6.45, 7) is 0. The van der Waals surface area contributed by atoms with Gasteiger partial charge in [-0.2, -0.15) is 0 Å². The van der Waals surface area contributed by atoms with E-state index >= 15 is 0 Å². The number of aromatic hydroxyl groups is 1. The number of phenolic OH excluding ortho intramolecular Hbond substituents is 1. The molecule has 0 aromatic heterocycles. The van der Waals surface area contributed by atoms with Gasteiger partial charge >= 0.3 is 0 Å². The van der Waals surface area contributed by atoms with Gasteiger partial charge in [0.15, 0.2) is 0 Å². The van der Waals surface area contributed by atoms with Crippen LogP contribution in [0.25, 0.3) is 33.4 Å². The standard InChI is InChI=1S/C30H23NO/c32-29-20-10-19-28(30(29)23-13-5-2-6-14-23)31-27-18-8-7-17-26(27)25-16-9-15-24(21-25)22-11-3-1-4-12-22/h1-21,31-32H. The lowest BCUT2D eigenvalue weighted by Gasteiger charge is -2.17. The minimum atomic E-state index is 0.254. The third-order valence-electron chi connectivity index (χ3n) is 5.58. The summed E-state index contributed by atoms with van der Waals surface area (Å²) in [6, 6.07) is 42.8. The number of benzene rings is 5. The van der Waals surface area contributed by atoms with E-state index in [4.69, 9.17) is 0 Å². The van der Waals surface area contributed by atoms with Gasteiger partial charge in [-0.1, -0.05) is 103 Å². The molecule has 2 N–H and O–H groups in total. The predicted molar refractivity (Wildman–Crippen MR) is 134 cm³/mol. The van der Waals surface area contributed by atoms with Crippen LogP contribution in [0.15, 0.2) is 127 Å². The van der Waals surface area contributed by atoms with Crippen molar-refractivity contribution in [2.24, 2.45) is 0 Å². The maximum atomic E-state index is 10.6. The van der Waals surface area contributed by atoms with Gasteiger partial charge in [0, 0.05) is 16.8 Å². The van der Waals surface area contributed by atoms with Crippen LogP contribution < -0.4 is 5.32 Å². The Hall–Kier alpha value is -4.30. The first-order chi connectivity index (χ1) is 15.8. The van der Waals surface area contributed by atoms with Crippen molar-refractivity contribution in [1.29, 1.82) is 0 Å². The van der Waals surface area contributed by atoms with Crippen LogP contribution in [0, 0.1) is 0 Å². The summed E-state index contributed by atoms with van der Waals surface area (Å²) in [5, 5.41) is 14.2. The average Bonchev–Trinajstić information content (AvgIpc) is 2.86. The summed E-state index contributed by atoms with van der Waals surface area (Å²) < 4.78 is 0. The lowest BCUT2D eigenvalue weighted by atomic mass is 9.97. The zero-order chi connectivity index (χ0) is 21.8. The van der Waals surface area contributed by atoms with Gasteiger partial charge in [-0.15, -0.1) is 0 Å². The predicted octanol–water partition coefficient (Wildman–Crippen LogP) is 8.14. The Balaban J connectivity index is 1.57. The van der Waals surface area contributed by atoms with Gasteiger partial charge in [-0.25, -0.2) is 0 Å². The maximum Gasteiger partial charge on any atom is 0.125 e. The van der Waals surface area contributed by atoms with E-state index in [0.29, 0.717) is 0 Å². The molecule has 0 atom stereocenters. The van der Waals surface area contributed by atoms with Crippen LogP contribution in [0.2, 0.25) is 0 Å². The number of rotatable bonds is 5. The lowest BCUT2D eigenvalue weighted by Crippen LogP contribution is -1.96. The van der Waals surface area contributed by atoms with Crippen molar-refractivity contribution in [2.75, 3.05) is 5.32 Å². The second-order valence-corrected chi connectivity index (χ2v) is 7.68. The van der Waals surface area contributed by atoms with Gasteiger partial charge in [-0.05, 0) is 46.5 Å². The van der Waals surface area contributed by atoms with Crippen LogP contribution in [-0.4, -0.2) is 5.11 Å². The van der Waals surface area contributed by atoms with Crippen molar-refractivity contribution in [3.05, 3.63) is 127 Å². The van der Waals surface area contributed by atoms with Crippen molar-refractivity contribution in [3.63, 3.8) is 0 Å². The molecule has 32 heavy (non-hydrogen) atoms. The number of para-hydroxylation sites is 1. The molecule has 0 aliphatic carbocycles. The van der Waals surface area contributed by atoms with Crippen LogP contribution in [0.3, 0.4) is 0 Å². The molecule has 5 aromatic carbocycles. The van der Waals surface area contributed by atoms with Crippen LogP contribution in [0.1, 0.15) is 0 Å². The van der Waals surface area contributed by atoms with Gasteiger partial charge in [-0.3, -0.25) is 0 Å². The number of phenols is 1. The van der Waals surface area contributed by atoms with Crippen LogP contribution in [0.4, 0.5) is 11.4 Å². The number of hydrogen-bond donors (Lipinski definition) is 2. The smallest absolute Gasteiger partial charge is 0.125 e. The van der Waals surface area contributed by atoms with Crippen molar-refractivity contribution in [1.82, 2.24) is 0 Å². The zero-order valence-electron chi connectivity index (χ0n) is 17.6. The first-order valence-electron chi connectivity index (χ1n) is 10.7. The molecule has 0 saturated heterocycles. The van der Waals surface area contributed by atoms with Gasteiger partial charge < -0.3 is 10.4 Å². The Morgan fingerprint density at radius 3 is 1.78 bits per heavy atom. The number of nitrogens with one attached hydrogen (secondary N) is 1. The molecule has 0 heterocycles. The largest absolute Gasteiger partial charge is 0.507 e. The van der Waals surface area contributed by atoms with Crippen LogP contribution in [0.5, 0.6) is 5.75 Å². The molecule has 5 rings (SSSR count). The van der Waals surface area contributed by atoms with Crippen molar-refractivity contribution in [3.8, 4) is 39.1 Å². The molecule has 2 heteroatoms. The summed E-state index contributed by atoms with van der Waals surface area (Å²) in [5.41, 5.74) is 8.23. The molecule has 0 fully saturated rings. The van der Waals surface area contributed by atoms with Gasteiger partial charge in [0.1, 0.15) is 5.75 Å². The Bertz CT molecular complexity index is 1340. The average molecular weight is 414 g/mol. The molecule has 0 unspecified atom stereocenters. The van der Waals surface area contributed by atoms with Crippen molar-refractivity contribution in [2.45, 2.75) is 0 Å². The van der Waals surface area contributed by atoms with Gasteiger partial charge in [0.25, 0.3) is 0 Å². The highest BCUT2D eigenvalue weighted by Gasteiger charge is 2.13. The Morgan fingerprint density at radius 2 is 1.00 bits per heavy atom.